The molecule has 1 aliphatic heterocycles. The van der Waals surface area contributed by atoms with Gasteiger partial charge in [0.25, 0.3) is 0 Å². The van der Waals surface area contributed by atoms with E-state index in [1.165, 1.54) is 19.2 Å². The molecule has 7 heteroatoms. The van der Waals surface area contributed by atoms with Gasteiger partial charge in [0.15, 0.2) is 17.3 Å². The first-order chi connectivity index (χ1) is 10.5. The number of hydrogen-bond acceptors (Lipinski definition) is 6. The van der Waals surface area contributed by atoms with Crippen LogP contribution in [0.2, 0.25) is 0 Å². The van der Waals surface area contributed by atoms with Crippen LogP contribution in [0.25, 0.3) is 0 Å². The number of hydrogen-bond donors (Lipinski definition) is 3. The van der Waals surface area contributed by atoms with Crippen LogP contribution in [-0.4, -0.2) is 79.6 Å². The molecule has 3 N–H and O–H groups in total. The Morgan fingerprint density at radius 3 is 2.57 bits per heavy atom. The Kier molecular flexibility index (Phi) is 5.59. The van der Waals surface area contributed by atoms with Crippen LogP contribution in [0, 0.1) is 0 Å². The van der Waals surface area contributed by atoms with Gasteiger partial charge in [-0.15, -0.1) is 0 Å². The number of phenolic OH excluding ortho intramolecular Hbond substituents is 3. The zero-order valence-corrected chi connectivity index (χ0v) is 11.7. The summed E-state index contributed by atoms with van der Waals surface area (Å²) in [5, 5.41) is 28.9. The van der Waals surface area contributed by atoms with Gasteiger partial charge in [-0.1, -0.05) is 6.07 Å². The van der Waals surface area contributed by atoms with Crippen molar-refractivity contribution in [2.75, 3.05) is 7.11 Å². The van der Waals surface area contributed by atoms with E-state index in [0.717, 1.165) is 6.07 Å². The molecule has 0 saturated carbocycles. The molecular weight excluding hydrogens is 327 g/mol. The summed E-state index contributed by atoms with van der Waals surface area (Å²) in [6.07, 6.45) is -0.546. The summed E-state index contributed by atoms with van der Waals surface area (Å²) < 4.78 is 10.8. The second-order valence-corrected chi connectivity index (χ2v) is 5.00. The van der Waals surface area contributed by atoms with Crippen LogP contribution in [0.15, 0.2) is 30.3 Å². The fourth-order valence-corrected chi connectivity index (χ4v) is 2.51. The number of phenols is 3. The maximum absolute atomic E-state index is 12.2. The molecule has 2 aromatic carbocycles. The van der Waals surface area contributed by atoms with Gasteiger partial charge in [-0.25, -0.2) is 0 Å². The van der Waals surface area contributed by atoms with Crippen LogP contribution in [0.3, 0.4) is 0 Å². The number of ether oxygens (including phenoxy) is 2. The molecule has 0 aliphatic carbocycles. The molecule has 116 valence electrons. The Bertz CT molecular complexity index is 758. The Morgan fingerprint density at radius 1 is 1.13 bits per heavy atom. The molecule has 3 rings (SSSR count). The Hall–Kier alpha value is -1.25. The van der Waals surface area contributed by atoms with E-state index in [9.17, 15) is 20.1 Å². The zero-order chi connectivity index (χ0) is 15.9. The molecule has 1 aliphatic rings. The Morgan fingerprint density at radius 2 is 1.87 bits per heavy atom. The zero-order valence-electron chi connectivity index (χ0n) is 11.7. The van der Waals surface area contributed by atoms with E-state index in [-0.39, 0.29) is 97.9 Å². The van der Waals surface area contributed by atoms with E-state index in [4.69, 9.17) is 9.47 Å². The second kappa shape index (κ2) is 7.10. The van der Waals surface area contributed by atoms with E-state index < -0.39 is 6.10 Å². The second-order valence-electron chi connectivity index (χ2n) is 5.00. The first kappa shape index (κ1) is 18.1. The van der Waals surface area contributed by atoms with Crippen molar-refractivity contribution < 1.29 is 29.6 Å². The summed E-state index contributed by atoms with van der Waals surface area (Å²) >= 11 is 0. The van der Waals surface area contributed by atoms with Crippen molar-refractivity contribution in [3.05, 3.63) is 41.5 Å². The van der Waals surface area contributed by atoms with E-state index >= 15 is 0 Å². The molecule has 0 unspecified atom stereocenters. The molecule has 0 saturated heterocycles. The number of ketones is 1. The molecule has 1 atom stereocenters. The van der Waals surface area contributed by atoms with Gasteiger partial charge in [-0.05, 0) is 17.7 Å². The van der Waals surface area contributed by atoms with Crippen molar-refractivity contribution in [2.24, 2.45) is 0 Å². The summed E-state index contributed by atoms with van der Waals surface area (Å²) in [4.78, 5) is 12.2. The molecule has 0 aromatic heterocycles. The van der Waals surface area contributed by atoms with Gasteiger partial charge in [0.1, 0.15) is 28.9 Å². The fraction of sp³-hybridized carbons (Fsp3) is 0.188. The van der Waals surface area contributed by atoms with Gasteiger partial charge in [-0.3, -0.25) is 4.79 Å². The number of benzene rings is 2. The minimum absolute atomic E-state index is 0. The number of Topliss-reactive ketones (excluding diaryl/α,β-unsaturated/α-hetero) is 1. The number of methoxy groups -OCH3 is 1. The predicted molar refractivity (Wildman–Crippen MR) is 83.9 cm³/mol. The molecule has 0 amide bonds. The molecule has 0 radical (unpaired) electrons. The molecule has 0 spiro atoms. The molecule has 0 fully saturated rings. The molecule has 0 bridgehead atoms. The van der Waals surface area contributed by atoms with Crippen molar-refractivity contribution in [1.82, 2.24) is 0 Å². The van der Waals surface area contributed by atoms with Crippen LogP contribution in [0.1, 0.15) is 28.4 Å². The number of carbonyl (C=O) groups excluding carboxylic acids is 1. The predicted octanol–water partition coefficient (Wildman–Crippen LogP) is 1.87. The van der Waals surface area contributed by atoms with Gasteiger partial charge < -0.3 is 24.8 Å². The van der Waals surface area contributed by atoms with Gasteiger partial charge in [-0.2, -0.15) is 0 Å². The van der Waals surface area contributed by atoms with Crippen LogP contribution in [0.5, 0.6) is 28.7 Å². The first-order valence-corrected chi connectivity index (χ1v) is 6.62. The minimum atomic E-state index is -0.587. The first-order valence-electron chi connectivity index (χ1n) is 6.62. The Labute approximate surface area is 175 Å². The van der Waals surface area contributed by atoms with Gasteiger partial charge in [0, 0.05) is 12.1 Å². The van der Waals surface area contributed by atoms with Crippen molar-refractivity contribution in [2.45, 2.75) is 12.5 Å². The average molecular weight is 342 g/mol. The summed E-state index contributed by atoms with van der Waals surface area (Å²) in [5.74, 6) is -0.376. The normalized spacial score (nSPS) is 16.0. The maximum atomic E-state index is 12.2. The number of aromatic hydroxyl groups is 3. The van der Waals surface area contributed by atoms with Gasteiger partial charge in [0.05, 0.1) is 13.5 Å². The molecule has 1 heterocycles. The van der Waals surface area contributed by atoms with Crippen molar-refractivity contribution in [3.8, 4) is 28.7 Å². The average Bonchev–Trinajstić information content (AvgIpc) is 2.46. The third kappa shape index (κ3) is 3.48. The topological polar surface area (TPSA) is 96.2 Å². The quantitative estimate of drug-likeness (QED) is 0.721. The third-order valence-electron chi connectivity index (χ3n) is 3.56. The summed E-state index contributed by atoms with van der Waals surface area (Å²) in [6.45, 7) is 0. The third-order valence-corrected chi connectivity index (χ3v) is 3.56. The van der Waals surface area contributed by atoms with Gasteiger partial charge in [0.2, 0.25) is 0 Å². The van der Waals surface area contributed by atoms with Crippen LogP contribution < -0.4 is 9.47 Å². The summed E-state index contributed by atoms with van der Waals surface area (Å²) in [5.41, 5.74) is 0.719. The summed E-state index contributed by atoms with van der Waals surface area (Å²) in [6, 6.07) is 7.06. The van der Waals surface area contributed by atoms with Crippen molar-refractivity contribution >= 4 is 57.2 Å². The van der Waals surface area contributed by atoms with Gasteiger partial charge >= 0.3 is 51.4 Å². The number of fused-ring (bicyclic) bond motifs is 1. The standard InChI is InChI=1S/C16H14O6.K.H/c1-21-14-4-8(2-3-10(14)18)13-7-12(20)16-11(19)5-9(17)6-15(16)22-13;;/h2-6,13,17-19H,7H2,1H3;;/t13-;;/m0../s1. The fourth-order valence-electron chi connectivity index (χ4n) is 2.51. The van der Waals surface area contributed by atoms with Crippen LogP contribution in [-0.2, 0) is 0 Å². The monoisotopic (exact) mass is 342 g/mol. The van der Waals surface area contributed by atoms with E-state index in [2.05, 4.69) is 0 Å². The van der Waals surface area contributed by atoms with Crippen LogP contribution >= 0.6 is 0 Å². The molecule has 23 heavy (non-hydrogen) atoms. The van der Waals surface area contributed by atoms with Crippen molar-refractivity contribution in [3.63, 3.8) is 0 Å². The SMILES string of the molecule is COc1cc([C@@H]2CC(=O)c3c(O)cc(O)cc3O2)ccc1O.[KH]. The molecule has 6 nitrogen and oxygen atoms in total. The van der Waals surface area contributed by atoms with Crippen LogP contribution in [0.4, 0.5) is 0 Å². The van der Waals surface area contributed by atoms with Crippen molar-refractivity contribution in [1.29, 1.82) is 0 Å². The number of carbonyl (C=O) groups is 1. The number of rotatable bonds is 2. The van der Waals surface area contributed by atoms with E-state index in [1.807, 2.05) is 0 Å². The molecular formula is C16H15KO6. The van der Waals surface area contributed by atoms with E-state index in [0.29, 0.717) is 5.56 Å². The Balaban J connectivity index is 0.00000192. The van der Waals surface area contributed by atoms with E-state index in [1.54, 1.807) is 12.1 Å². The summed E-state index contributed by atoms with van der Waals surface area (Å²) in [7, 11) is 1.43. The molecule has 2 aromatic rings.